The molecular formula is C48H31NO. The molecule has 0 saturated carbocycles. The van der Waals surface area contributed by atoms with E-state index in [1.807, 2.05) is 0 Å². The number of nitrogens with zero attached hydrogens (tertiary/aromatic N) is 1. The van der Waals surface area contributed by atoms with Gasteiger partial charge in [-0.05, 0) is 110 Å². The predicted octanol–water partition coefficient (Wildman–Crippen LogP) is 13.8. The minimum absolute atomic E-state index is 0.900. The highest BCUT2D eigenvalue weighted by atomic mass is 16.3. The quantitative estimate of drug-likeness (QED) is 0.187. The molecule has 0 fully saturated rings. The Labute approximate surface area is 290 Å². The Bertz CT molecular complexity index is 2870. The molecule has 0 radical (unpaired) electrons. The summed E-state index contributed by atoms with van der Waals surface area (Å²) in [5, 5.41) is 9.49. The number of hydrogen-bond donors (Lipinski definition) is 0. The number of benzene rings is 9. The second-order valence-electron chi connectivity index (χ2n) is 13.0. The Morgan fingerprint density at radius 1 is 0.320 bits per heavy atom. The smallest absolute Gasteiger partial charge is 0.143 e. The van der Waals surface area contributed by atoms with Gasteiger partial charge in [-0.25, -0.2) is 0 Å². The van der Waals surface area contributed by atoms with Crippen LogP contribution in [0.2, 0.25) is 0 Å². The van der Waals surface area contributed by atoms with Gasteiger partial charge in [-0.2, -0.15) is 0 Å². The largest absolute Gasteiger partial charge is 0.455 e. The maximum atomic E-state index is 6.68. The van der Waals surface area contributed by atoms with Crippen LogP contribution in [0, 0.1) is 0 Å². The maximum absolute atomic E-state index is 6.68. The average Bonchev–Trinajstić information content (AvgIpc) is 3.56. The Morgan fingerprint density at radius 3 is 1.66 bits per heavy atom. The molecule has 0 unspecified atom stereocenters. The van der Waals surface area contributed by atoms with Crippen molar-refractivity contribution in [3.8, 4) is 22.3 Å². The summed E-state index contributed by atoms with van der Waals surface area (Å²) in [5.74, 6) is 0. The topological polar surface area (TPSA) is 16.4 Å². The van der Waals surface area contributed by atoms with Gasteiger partial charge in [0.05, 0.1) is 0 Å². The van der Waals surface area contributed by atoms with E-state index >= 15 is 0 Å². The van der Waals surface area contributed by atoms with Crippen LogP contribution < -0.4 is 4.90 Å². The minimum atomic E-state index is 0.900. The van der Waals surface area contributed by atoms with Crippen LogP contribution in [0.4, 0.5) is 17.1 Å². The van der Waals surface area contributed by atoms with Gasteiger partial charge < -0.3 is 9.32 Å². The number of fused-ring (bicyclic) bond motifs is 7. The summed E-state index contributed by atoms with van der Waals surface area (Å²) in [7, 11) is 0. The summed E-state index contributed by atoms with van der Waals surface area (Å²) in [6.45, 7) is 0. The third-order valence-electron chi connectivity index (χ3n) is 10.0. The molecule has 0 spiro atoms. The number of rotatable bonds is 5. The highest BCUT2D eigenvalue weighted by molar-refractivity contribution is 6.19. The first-order valence-electron chi connectivity index (χ1n) is 17.1. The van der Waals surface area contributed by atoms with E-state index in [1.54, 1.807) is 0 Å². The number of para-hydroxylation sites is 1. The highest BCUT2D eigenvalue weighted by Gasteiger charge is 2.17. The number of hydrogen-bond acceptors (Lipinski definition) is 2. The monoisotopic (exact) mass is 637 g/mol. The lowest BCUT2D eigenvalue weighted by atomic mass is 9.94. The van der Waals surface area contributed by atoms with Gasteiger partial charge in [0, 0.05) is 33.2 Å². The Kier molecular flexibility index (Phi) is 6.53. The zero-order valence-corrected chi connectivity index (χ0v) is 27.3. The third kappa shape index (κ3) is 4.73. The third-order valence-corrected chi connectivity index (χ3v) is 10.0. The molecule has 0 N–H and O–H groups in total. The molecule has 0 amide bonds. The van der Waals surface area contributed by atoms with Crippen molar-refractivity contribution < 1.29 is 4.42 Å². The van der Waals surface area contributed by atoms with Gasteiger partial charge in [-0.15, -0.1) is 0 Å². The lowest BCUT2D eigenvalue weighted by Crippen LogP contribution is -2.09. The van der Waals surface area contributed by atoms with Crippen LogP contribution in [0.15, 0.2) is 192 Å². The SMILES string of the molecule is c1ccc(N(c2ccc(-c3cc4c5ccc(-c6ccc7ccccc7c6)cc5oc4c4ccccc34)cc2)c2ccc3ccccc3c2)cc1. The molecule has 0 aliphatic heterocycles. The molecule has 0 aliphatic carbocycles. The van der Waals surface area contributed by atoms with E-state index in [2.05, 4.69) is 193 Å². The van der Waals surface area contributed by atoms with Crippen molar-refractivity contribution in [1.29, 1.82) is 0 Å². The van der Waals surface area contributed by atoms with Crippen molar-refractivity contribution in [2.75, 3.05) is 4.90 Å². The minimum Gasteiger partial charge on any atom is -0.455 e. The predicted molar refractivity (Wildman–Crippen MR) is 212 cm³/mol. The molecule has 2 heteroatoms. The second-order valence-corrected chi connectivity index (χ2v) is 13.0. The molecule has 2 nitrogen and oxygen atoms in total. The normalized spacial score (nSPS) is 11.6. The maximum Gasteiger partial charge on any atom is 0.143 e. The first kappa shape index (κ1) is 28.4. The molecule has 50 heavy (non-hydrogen) atoms. The number of furan rings is 1. The molecule has 0 bridgehead atoms. The van der Waals surface area contributed by atoms with E-state index in [9.17, 15) is 0 Å². The van der Waals surface area contributed by atoms with Gasteiger partial charge >= 0.3 is 0 Å². The van der Waals surface area contributed by atoms with Crippen LogP contribution in [-0.4, -0.2) is 0 Å². The molecule has 10 rings (SSSR count). The van der Waals surface area contributed by atoms with Gasteiger partial charge in [-0.1, -0.05) is 127 Å². The summed E-state index contributed by atoms with van der Waals surface area (Å²) in [6, 6.07) is 67.5. The first-order valence-corrected chi connectivity index (χ1v) is 17.1. The molecule has 0 aliphatic rings. The van der Waals surface area contributed by atoms with Gasteiger partial charge in [0.1, 0.15) is 11.2 Å². The standard InChI is InChI=1S/C48H31NO/c1-2-14-39(15-3-1)49(41-26-20-33-11-5-7-13-36(33)29-41)40-24-21-34(22-25-40)45-31-46-43-27-23-38(37-19-18-32-10-4-6-12-35(32)28-37)30-47(43)50-48(46)44-17-9-8-16-42(44)45/h1-31H. The van der Waals surface area contributed by atoms with Crippen molar-refractivity contribution in [2.24, 2.45) is 0 Å². The van der Waals surface area contributed by atoms with Gasteiger partial charge in [0.25, 0.3) is 0 Å². The van der Waals surface area contributed by atoms with Crippen molar-refractivity contribution in [2.45, 2.75) is 0 Å². The molecule has 10 aromatic rings. The summed E-state index contributed by atoms with van der Waals surface area (Å²) < 4.78 is 6.68. The summed E-state index contributed by atoms with van der Waals surface area (Å²) in [5.41, 5.74) is 9.88. The Morgan fingerprint density at radius 2 is 0.880 bits per heavy atom. The van der Waals surface area contributed by atoms with Crippen molar-refractivity contribution in [3.05, 3.63) is 188 Å². The highest BCUT2D eigenvalue weighted by Crippen LogP contribution is 2.42. The van der Waals surface area contributed by atoms with Crippen LogP contribution in [0.25, 0.3) is 76.5 Å². The fraction of sp³-hybridized carbons (Fsp3) is 0. The summed E-state index contributed by atoms with van der Waals surface area (Å²) in [4.78, 5) is 2.33. The molecule has 0 atom stereocenters. The zero-order chi connectivity index (χ0) is 33.0. The molecule has 0 saturated heterocycles. The van der Waals surface area contributed by atoms with Crippen molar-refractivity contribution in [1.82, 2.24) is 0 Å². The molecule has 1 aromatic heterocycles. The summed E-state index contributed by atoms with van der Waals surface area (Å²) >= 11 is 0. The van der Waals surface area contributed by atoms with Crippen LogP contribution in [0.5, 0.6) is 0 Å². The lowest BCUT2D eigenvalue weighted by molar-refractivity contribution is 0.673. The van der Waals surface area contributed by atoms with E-state index in [1.165, 1.54) is 43.6 Å². The molecular weight excluding hydrogens is 607 g/mol. The Balaban J connectivity index is 1.09. The fourth-order valence-electron chi connectivity index (χ4n) is 7.52. The van der Waals surface area contributed by atoms with Crippen LogP contribution in [0.1, 0.15) is 0 Å². The molecule has 1 heterocycles. The van der Waals surface area contributed by atoms with E-state index in [4.69, 9.17) is 4.42 Å². The second kappa shape index (κ2) is 11.5. The molecule has 234 valence electrons. The van der Waals surface area contributed by atoms with Crippen LogP contribution >= 0.6 is 0 Å². The van der Waals surface area contributed by atoms with E-state index < -0.39 is 0 Å². The summed E-state index contributed by atoms with van der Waals surface area (Å²) in [6.07, 6.45) is 0. The van der Waals surface area contributed by atoms with E-state index in [-0.39, 0.29) is 0 Å². The lowest BCUT2D eigenvalue weighted by Gasteiger charge is -2.26. The van der Waals surface area contributed by atoms with Gasteiger partial charge in [-0.3, -0.25) is 0 Å². The van der Waals surface area contributed by atoms with Gasteiger partial charge in [0.15, 0.2) is 0 Å². The average molecular weight is 638 g/mol. The Hall–Kier alpha value is -6.64. The van der Waals surface area contributed by atoms with E-state index in [0.717, 1.165) is 50.0 Å². The zero-order valence-electron chi connectivity index (χ0n) is 27.3. The molecule has 9 aromatic carbocycles. The van der Waals surface area contributed by atoms with Crippen LogP contribution in [-0.2, 0) is 0 Å². The van der Waals surface area contributed by atoms with Crippen LogP contribution in [0.3, 0.4) is 0 Å². The van der Waals surface area contributed by atoms with E-state index in [0.29, 0.717) is 0 Å². The van der Waals surface area contributed by atoms with Gasteiger partial charge in [0.2, 0.25) is 0 Å². The fourth-order valence-corrected chi connectivity index (χ4v) is 7.52. The number of anilines is 3. The van der Waals surface area contributed by atoms with Crippen molar-refractivity contribution >= 4 is 71.3 Å². The van der Waals surface area contributed by atoms with Crippen molar-refractivity contribution in [3.63, 3.8) is 0 Å². The first-order chi connectivity index (χ1) is 24.8.